The smallest absolute Gasteiger partial charge is 0.407 e. The molecule has 0 spiro atoms. The number of likely N-dealkylation sites (tertiary alicyclic amines) is 1. The number of β-amino-alcohol motifs (C(OH)–C–C–N with tert-alkyl or cyclic N) is 1. The van der Waals surface area contributed by atoms with Gasteiger partial charge in [-0.2, -0.15) is 0 Å². The maximum atomic E-state index is 12.2. The molecule has 8 heteroatoms. The van der Waals surface area contributed by atoms with Crippen molar-refractivity contribution in [2.45, 2.75) is 31.6 Å². The largest absolute Gasteiger partial charge is 0.467 e. The van der Waals surface area contributed by atoms with E-state index in [9.17, 15) is 19.5 Å². The van der Waals surface area contributed by atoms with E-state index in [1.807, 2.05) is 30.3 Å². The molecule has 1 aromatic carbocycles. The minimum atomic E-state index is -0.780. The fourth-order valence-corrected chi connectivity index (χ4v) is 2.64. The number of alkyl carbamates (subject to hydrolysis) is 1. The molecule has 0 aliphatic carbocycles. The highest BCUT2D eigenvalue weighted by Gasteiger charge is 2.39. The molecule has 2 amide bonds. The lowest BCUT2D eigenvalue weighted by Crippen LogP contribution is -2.42. The van der Waals surface area contributed by atoms with Crippen LogP contribution in [0.1, 0.15) is 18.4 Å². The van der Waals surface area contributed by atoms with Crippen LogP contribution in [0.3, 0.4) is 0 Å². The fourth-order valence-electron chi connectivity index (χ4n) is 2.64. The maximum absolute atomic E-state index is 12.2. The van der Waals surface area contributed by atoms with Crippen molar-refractivity contribution in [3.63, 3.8) is 0 Å². The van der Waals surface area contributed by atoms with Crippen LogP contribution in [0, 0.1) is 0 Å². The lowest BCUT2D eigenvalue weighted by Gasteiger charge is -2.22. The Hall–Kier alpha value is -2.61. The van der Waals surface area contributed by atoms with Gasteiger partial charge in [-0.1, -0.05) is 30.3 Å². The lowest BCUT2D eigenvalue weighted by atomic mass is 10.2. The Balaban J connectivity index is 1.72. The summed E-state index contributed by atoms with van der Waals surface area (Å²) in [5.74, 6) is -0.893. The van der Waals surface area contributed by atoms with Crippen molar-refractivity contribution in [3.05, 3.63) is 35.9 Å². The van der Waals surface area contributed by atoms with Gasteiger partial charge in [0, 0.05) is 25.9 Å². The number of nitrogens with one attached hydrogen (secondary N) is 1. The molecule has 0 aromatic heterocycles. The number of ether oxygens (including phenoxy) is 2. The Labute approximate surface area is 145 Å². The zero-order chi connectivity index (χ0) is 18.2. The van der Waals surface area contributed by atoms with Crippen molar-refractivity contribution < 1.29 is 29.0 Å². The standard InChI is InChI=1S/C17H22N2O6/c1-24-16(22)14-9-13(20)10-19(14)15(21)7-8-18-17(23)25-11-12-5-3-2-4-6-12/h2-6,13-14,20H,7-11H2,1H3,(H,18,23)/t13-,14+/m1/s1. The Kier molecular flexibility index (Phi) is 6.76. The molecule has 8 nitrogen and oxygen atoms in total. The van der Waals surface area contributed by atoms with E-state index in [1.165, 1.54) is 12.0 Å². The summed E-state index contributed by atoms with van der Waals surface area (Å²) in [6, 6.07) is 8.45. The molecular weight excluding hydrogens is 328 g/mol. The van der Waals surface area contributed by atoms with Gasteiger partial charge in [0.2, 0.25) is 5.91 Å². The van der Waals surface area contributed by atoms with E-state index >= 15 is 0 Å². The quantitative estimate of drug-likeness (QED) is 0.721. The van der Waals surface area contributed by atoms with Gasteiger partial charge in [-0.15, -0.1) is 0 Å². The number of aliphatic hydroxyl groups is 1. The van der Waals surface area contributed by atoms with E-state index in [0.29, 0.717) is 0 Å². The van der Waals surface area contributed by atoms with Crippen LogP contribution in [0.4, 0.5) is 4.79 Å². The third kappa shape index (κ3) is 5.46. The summed E-state index contributed by atoms with van der Waals surface area (Å²) in [7, 11) is 1.24. The molecule has 136 valence electrons. The summed E-state index contributed by atoms with van der Waals surface area (Å²) in [5.41, 5.74) is 0.862. The Bertz CT molecular complexity index is 606. The minimum absolute atomic E-state index is 0.000646. The van der Waals surface area contributed by atoms with Gasteiger partial charge in [0.15, 0.2) is 0 Å². The molecule has 2 N–H and O–H groups in total. The number of rotatable bonds is 6. The lowest BCUT2D eigenvalue weighted by molar-refractivity contribution is -0.150. The number of amides is 2. The highest BCUT2D eigenvalue weighted by Crippen LogP contribution is 2.19. The first-order chi connectivity index (χ1) is 12.0. The molecule has 0 unspecified atom stereocenters. The zero-order valence-electron chi connectivity index (χ0n) is 14.0. The fraction of sp³-hybridized carbons (Fsp3) is 0.471. The van der Waals surface area contributed by atoms with E-state index in [1.54, 1.807) is 0 Å². The van der Waals surface area contributed by atoms with Gasteiger partial charge in [0.1, 0.15) is 12.6 Å². The van der Waals surface area contributed by atoms with Gasteiger partial charge in [-0.05, 0) is 5.56 Å². The summed E-state index contributed by atoms with van der Waals surface area (Å²) in [6.07, 6.45) is -1.22. The number of esters is 1. The summed E-state index contributed by atoms with van der Waals surface area (Å²) >= 11 is 0. The number of hydrogen-bond donors (Lipinski definition) is 2. The molecular formula is C17H22N2O6. The van der Waals surface area contributed by atoms with Crippen molar-refractivity contribution in [1.82, 2.24) is 10.2 Å². The number of benzene rings is 1. The molecule has 1 saturated heterocycles. The molecule has 1 aromatic rings. The van der Waals surface area contributed by atoms with Crippen LogP contribution in [0.2, 0.25) is 0 Å². The van der Waals surface area contributed by atoms with Gasteiger partial charge < -0.3 is 24.8 Å². The number of methoxy groups -OCH3 is 1. The minimum Gasteiger partial charge on any atom is -0.467 e. The molecule has 1 aliphatic rings. The van der Waals surface area contributed by atoms with Gasteiger partial charge in [0.05, 0.1) is 13.2 Å². The number of hydrogen-bond acceptors (Lipinski definition) is 6. The summed E-state index contributed by atoms with van der Waals surface area (Å²) < 4.78 is 9.69. The molecule has 1 heterocycles. The van der Waals surface area contributed by atoms with Crippen molar-refractivity contribution in [2.75, 3.05) is 20.2 Å². The normalized spacial score (nSPS) is 19.4. The number of nitrogens with zero attached hydrogens (tertiary/aromatic N) is 1. The molecule has 0 saturated carbocycles. The number of carbonyl (C=O) groups is 3. The van der Waals surface area contributed by atoms with E-state index in [-0.39, 0.29) is 38.4 Å². The van der Waals surface area contributed by atoms with Crippen LogP contribution in [0.15, 0.2) is 30.3 Å². The number of carbonyl (C=O) groups excluding carboxylic acids is 3. The molecule has 1 aliphatic heterocycles. The molecule has 2 atom stereocenters. The first-order valence-corrected chi connectivity index (χ1v) is 8.01. The molecule has 0 radical (unpaired) electrons. The monoisotopic (exact) mass is 350 g/mol. The second-order valence-corrected chi connectivity index (χ2v) is 5.71. The van der Waals surface area contributed by atoms with Crippen LogP contribution >= 0.6 is 0 Å². The molecule has 2 rings (SSSR count). The SMILES string of the molecule is COC(=O)[C@@H]1C[C@@H](O)CN1C(=O)CCNC(=O)OCc1ccccc1. The summed E-state index contributed by atoms with van der Waals surface area (Å²) in [4.78, 5) is 36.8. The van der Waals surface area contributed by atoms with Crippen LogP contribution in [0.25, 0.3) is 0 Å². The van der Waals surface area contributed by atoms with E-state index in [0.717, 1.165) is 5.56 Å². The molecule has 25 heavy (non-hydrogen) atoms. The van der Waals surface area contributed by atoms with E-state index in [2.05, 4.69) is 10.1 Å². The van der Waals surface area contributed by atoms with Crippen molar-refractivity contribution in [2.24, 2.45) is 0 Å². The topological polar surface area (TPSA) is 105 Å². The summed E-state index contributed by atoms with van der Waals surface area (Å²) in [6.45, 7) is 0.299. The number of aliphatic hydroxyl groups excluding tert-OH is 1. The first kappa shape index (κ1) is 18.7. The Morgan fingerprint density at radius 3 is 2.68 bits per heavy atom. The van der Waals surface area contributed by atoms with E-state index < -0.39 is 24.2 Å². The Morgan fingerprint density at radius 1 is 1.28 bits per heavy atom. The maximum Gasteiger partial charge on any atom is 0.407 e. The van der Waals surface area contributed by atoms with Gasteiger partial charge in [-0.3, -0.25) is 4.79 Å². The molecule has 0 bridgehead atoms. The van der Waals surface area contributed by atoms with Gasteiger partial charge in [-0.25, -0.2) is 9.59 Å². The summed E-state index contributed by atoms with van der Waals surface area (Å²) in [5, 5.41) is 12.2. The van der Waals surface area contributed by atoms with Crippen LogP contribution in [-0.2, 0) is 25.7 Å². The third-order valence-corrected chi connectivity index (χ3v) is 3.89. The van der Waals surface area contributed by atoms with Crippen LogP contribution in [0.5, 0.6) is 0 Å². The van der Waals surface area contributed by atoms with E-state index in [4.69, 9.17) is 4.74 Å². The highest BCUT2D eigenvalue weighted by atomic mass is 16.5. The Morgan fingerprint density at radius 2 is 2.00 bits per heavy atom. The average Bonchev–Trinajstić information content (AvgIpc) is 3.02. The van der Waals surface area contributed by atoms with Crippen molar-refractivity contribution in [1.29, 1.82) is 0 Å². The first-order valence-electron chi connectivity index (χ1n) is 8.01. The van der Waals surface area contributed by atoms with Gasteiger partial charge in [0.25, 0.3) is 0 Å². The molecule has 1 fully saturated rings. The second-order valence-electron chi connectivity index (χ2n) is 5.71. The second kappa shape index (κ2) is 9.03. The highest BCUT2D eigenvalue weighted by molar-refractivity contribution is 5.85. The van der Waals surface area contributed by atoms with Crippen LogP contribution in [-0.4, -0.2) is 60.3 Å². The zero-order valence-corrected chi connectivity index (χ0v) is 14.0. The van der Waals surface area contributed by atoms with Crippen molar-refractivity contribution >= 4 is 18.0 Å². The average molecular weight is 350 g/mol. The third-order valence-electron chi connectivity index (χ3n) is 3.89. The predicted molar refractivity (Wildman–Crippen MR) is 87.4 cm³/mol. The van der Waals surface area contributed by atoms with Crippen molar-refractivity contribution in [3.8, 4) is 0 Å². The predicted octanol–water partition coefficient (Wildman–Crippen LogP) is 0.438. The van der Waals surface area contributed by atoms with Gasteiger partial charge >= 0.3 is 12.1 Å². The van der Waals surface area contributed by atoms with Crippen LogP contribution < -0.4 is 5.32 Å².